The van der Waals surface area contributed by atoms with E-state index >= 15 is 0 Å². The van der Waals surface area contributed by atoms with E-state index in [1.807, 2.05) is 12.1 Å². The zero-order valence-corrected chi connectivity index (χ0v) is 17.6. The fraction of sp³-hybridized carbons (Fsp3) is 0.120. The van der Waals surface area contributed by atoms with Crippen LogP contribution in [0, 0.1) is 10.1 Å². The third kappa shape index (κ3) is 4.73. The number of nitrogens with one attached hydrogen (secondary N) is 1. The molecule has 0 aliphatic rings. The van der Waals surface area contributed by atoms with Crippen LogP contribution in [-0.2, 0) is 4.79 Å². The van der Waals surface area contributed by atoms with Crippen molar-refractivity contribution in [2.45, 2.75) is 19.8 Å². The van der Waals surface area contributed by atoms with Gasteiger partial charge >= 0.3 is 0 Å². The topological polar surface area (TPSA) is 98.3 Å². The molecule has 0 aliphatic carbocycles. The van der Waals surface area contributed by atoms with Gasteiger partial charge in [0.05, 0.1) is 4.92 Å². The average molecular weight is 427 g/mol. The average Bonchev–Trinajstić information content (AvgIpc) is 3.21. The minimum Gasteiger partial charge on any atom is -0.436 e. The van der Waals surface area contributed by atoms with Gasteiger partial charge < -0.3 is 9.73 Å². The summed E-state index contributed by atoms with van der Waals surface area (Å²) in [6.45, 7) is 4.28. The molecule has 1 aromatic heterocycles. The third-order valence-electron chi connectivity index (χ3n) is 4.99. The van der Waals surface area contributed by atoms with E-state index in [-0.39, 0.29) is 11.6 Å². The molecule has 0 aliphatic heterocycles. The van der Waals surface area contributed by atoms with Crippen molar-refractivity contribution in [3.8, 4) is 11.5 Å². The van der Waals surface area contributed by atoms with Crippen molar-refractivity contribution >= 4 is 34.5 Å². The maximum atomic E-state index is 12.3. The molecule has 4 rings (SSSR count). The van der Waals surface area contributed by atoms with Gasteiger partial charge in [-0.1, -0.05) is 38.1 Å². The molecule has 160 valence electrons. The number of non-ortho nitro benzene ring substituents is 1. The summed E-state index contributed by atoms with van der Waals surface area (Å²) < 4.78 is 5.86. The molecule has 0 fully saturated rings. The number of nitrogens with zero attached hydrogens (tertiary/aromatic N) is 2. The van der Waals surface area contributed by atoms with Gasteiger partial charge in [-0.15, -0.1) is 0 Å². The van der Waals surface area contributed by atoms with Gasteiger partial charge in [0.2, 0.25) is 11.8 Å². The third-order valence-corrected chi connectivity index (χ3v) is 4.99. The number of fused-ring (bicyclic) bond motifs is 1. The van der Waals surface area contributed by atoms with Crippen LogP contribution in [0.25, 0.3) is 28.6 Å². The number of oxazole rings is 1. The van der Waals surface area contributed by atoms with Crippen molar-refractivity contribution in [2.24, 2.45) is 0 Å². The van der Waals surface area contributed by atoms with Gasteiger partial charge in [-0.2, -0.15) is 0 Å². The van der Waals surface area contributed by atoms with E-state index in [1.165, 1.54) is 29.8 Å². The molecule has 0 saturated heterocycles. The monoisotopic (exact) mass is 427 g/mol. The fourth-order valence-corrected chi connectivity index (χ4v) is 3.24. The Labute approximate surface area is 184 Å². The molecule has 0 atom stereocenters. The Morgan fingerprint density at radius 2 is 1.88 bits per heavy atom. The highest BCUT2D eigenvalue weighted by atomic mass is 16.6. The molecule has 0 radical (unpaired) electrons. The largest absolute Gasteiger partial charge is 0.436 e. The lowest BCUT2D eigenvalue weighted by molar-refractivity contribution is -0.384. The molecule has 0 unspecified atom stereocenters. The first kappa shape index (κ1) is 21.0. The van der Waals surface area contributed by atoms with Crippen LogP contribution >= 0.6 is 0 Å². The number of hydrogen-bond acceptors (Lipinski definition) is 5. The van der Waals surface area contributed by atoms with Crippen LogP contribution in [0.2, 0.25) is 0 Å². The number of aromatic nitrogens is 1. The second kappa shape index (κ2) is 8.85. The summed E-state index contributed by atoms with van der Waals surface area (Å²) in [5.41, 5.74) is 4.49. The molecule has 7 nitrogen and oxygen atoms in total. The van der Waals surface area contributed by atoms with Crippen LogP contribution in [0.4, 0.5) is 11.4 Å². The molecule has 4 aromatic rings. The van der Waals surface area contributed by atoms with Gasteiger partial charge in [0.15, 0.2) is 5.58 Å². The summed E-state index contributed by atoms with van der Waals surface area (Å²) in [6.07, 6.45) is 2.85. The van der Waals surface area contributed by atoms with Gasteiger partial charge in [-0.3, -0.25) is 14.9 Å². The SMILES string of the molecule is CC(C)c1ccc(-c2nc3cc(NC(=O)/C=C/c4cccc([N+](=O)[O-])c4)ccc3o2)cc1. The molecular formula is C25H21N3O4. The molecule has 1 amide bonds. The number of carbonyl (C=O) groups is 1. The maximum absolute atomic E-state index is 12.3. The Hall–Kier alpha value is -4.26. The summed E-state index contributed by atoms with van der Waals surface area (Å²) in [5.74, 6) is 0.609. The van der Waals surface area contributed by atoms with E-state index in [0.29, 0.717) is 34.2 Å². The Kier molecular flexibility index (Phi) is 5.81. The van der Waals surface area contributed by atoms with Gasteiger partial charge in [0.25, 0.3) is 5.69 Å². The molecule has 0 spiro atoms. The summed E-state index contributed by atoms with van der Waals surface area (Å²) in [6, 6.07) is 19.4. The highest BCUT2D eigenvalue weighted by molar-refractivity contribution is 6.02. The Morgan fingerprint density at radius 3 is 2.59 bits per heavy atom. The lowest BCUT2D eigenvalue weighted by Crippen LogP contribution is -2.07. The standard InChI is InChI=1S/C25H21N3O4/c1-16(2)18-7-9-19(10-8-18)25-27-22-15-20(11-12-23(22)32-25)26-24(29)13-6-17-4-3-5-21(14-17)28(30)31/h3-16H,1-2H3,(H,26,29)/b13-6+. The van der Waals surface area contributed by atoms with E-state index in [4.69, 9.17) is 4.42 Å². The summed E-state index contributed by atoms with van der Waals surface area (Å²) in [7, 11) is 0. The number of carbonyl (C=O) groups excluding carboxylic acids is 1. The number of nitro groups is 1. The molecule has 0 bridgehead atoms. The van der Waals surface area contributed by atoms with Crippen molar-refractivity contribution in [3.63, 3.8) is 0 Å². The minimum atomic E-state index is -0.475. The number of amides is 1. The first-order valence-electron chi connectivity index (χ1n) is 10.1. The van der Waals surface area contributed by atoms with Crippen molar-refractivity contribution in [3.05, 3.63) is 94.0 Å². The van der Waals surface area contributed by atoms with Crippen molar-refractivity contribution in [1.29, 1.82) is 0 Å². The lowest BCUT2D eigenvalue weighted by Gasteiger charge is -2.04. The lowest BCUT2D eigenvalue weighted by atomic mass is 10.0. The second-order valence-corrected chi connectivity index (χ2v) is 7.65. The van der Waals surface area contributed by atoms with Crippen molar-refractivity contribution in [2.75, 3.05) is 5.32 Å². The summed E-state index contributed by atoms with van der Waals surface area (Å²) in [4.78, 5) is 27.2. The Balaban J connectivity index is 1.48. The zero-order valence-electron chi connectivity index (χ0n) is 17.6. The van der Waals surface area contributed by atoms with Crippen LogP contribution < -0.4 is 5.32 Å². The number of rotatable bonds is 6. The van der Waals surface area contributed by atoms with Crippen molar-refractivity contribution < 1.29 is 14.1 Å². The molecule has 1 N–H and O–H groups in total. The van der Waals surface area contributed by atoms with E-state index in [0.717, 1.165) is 5.56 Å². The Bertz CT molecular complexity index is 1320. The zero-order chi connectivity index (χ0) is 22.7. The van der Waals surface area contributed by atoms with E-state index in [2.05, 4.69) is 36.3 Å². The van der Waals surface area contributed by atoms with E-state index in [1.54, 1.807) is 30.3 Å². The molecule has 0 saturated carbocycles. The normalized spacial score (nSPS) is 11.3. The quantitative estimate of drug-likeness (QED) is 0.225. The first-order valence-corrected chi connectivity index (χ1v) is 10.1. The minimum absolute atomic E-state index is 0.0290. The van der Waals surface area contributed by atoms with Gasteiger partial charge in [0, 0.05) is 29.5 Å². The molecule has 7 heteroatoms. The predicted octanol–water partition coefficient (Wildman–Crippen LogP) is 6.18. The van der Waals surface area contributed by atoms with E-state index < -0.39 is 4.92 Å². The summed E-state index contributed by atoms with van der Waals surface area (Å²) in [5, 5.41) is 13.6. The first-order chi connectivity index (χ1) is 15.4. The molecule has 3 aromatic carbocycles. The Morgan fingerprint density at radius 1 is 1.09 bits per heavy atom. The molecular weight excluding hydrogens is 406 g/mol. The maximum Gasteiger partial charge on any atom is 0.270 e. The summed E-state index contributed by atoms with van der Waals surface area (Å²) >= 11 is 0. The fourth-order valence-electron chi connectivity index (χ4n) is 3.24. The van der Waals surface area contributed by atoms with E-state index in [9.17, 15) is 14.9 Å². The number of nitro benzene ring substituents is 1. The number of anilines is 1. The van der Waals surface area contributed by atoms with Crippen LogP contribution in [0.3, 0.4) is 0 Å². The second-order valence-electron chi connectivity index (χ2n) is 7.65. The highest BCUT2D eigenvalue weighted by Crippen LogP contribution is 2.27. The van der Waals surface area contributed by atoms with Crippen LogP contribution in [0.15, 0.2) is 77.2 Å². The van der Waals surface area contributed by atoms with Gasteiger partial charge in [0.1, 0.15) is 5.52 Å². The smallest absolute Gasteiger partial charge is 0.270 e. The predicted molar refractivity (Wildman–Crippen MR) is 124 cm³/mol. The van der Waals surface area contributed by atoms with Gasteiger partial charge in [-0.25, -0.2) is 4.98 Å². The van der Waals surface area contributed by atoms with Crippen LogP contribution in [0.5, 0.6) is 0 Å². The number of hydrogen-bond donors (Lipinski definition) is 1. The van der Waals surface area contributed by atoms with Crippen molar-refractivity contribution in [1.82, 2.24) is 4.98 Å². The van der Waals surface area contributed by atoms with Crippen LogP contribution in [-0.4, -0.2) is 15.8 Å². The van der Waals surface area contributed by atoms with Crippen LogP contribution in [0.1, 0.15) is 30.9 Å². The highest BCUT2D eigenvalue weighted by Gasteiger charge is 2.10. The molecule has 32 heavy (non-hydrogen) atoms. The van der Waals surface area contributed by atoms with Gasteiger partial charge in [-0.05, 0) is 53.5 Å². The number of benzene rings is 3. The molecule has 1 heterocycles.